The Morgan fingerprint density at radius 2 is 2.14 bits per heavy atom. The Labute approximate surface area is 169 Å². The van der Waals surface area contributed by atoms with E-state index in [0.717, 1.165) is 34.1 Å². The van der Waals surface area contributed by atoms with E-state index in [-0.39, 0.29) is 5.91 Å². The Morgan fingerprint density at radius 3 is 2.82 bits per heavy atom. The maximum Gasteiger partial charge on any atom is 0.255 e. The minimum absolute atomic E-state index is 0.0501. The molecule has 0 atom stereocenters. The van der Waals surface area contributed by atoms with Crippen LogP contribution in [0.25, 0.3) is 16.9 Å². The van der Waals surface area contributed by atoms with Gasteiger partial charge in [0.25, 0.3) is 12.3 Å². The number of fused-ring (bicyclic) bond motifs is 1. The summed E-state index contributed by atoms with van der Waals surface area (Å²) in [5.41, 5.74) is 4.33. The normalized spacial score (nSPS) is 13.9. The molecule has 1 aromatic carbocycles. The van der Waals surface area contributed by atoms with E-state index >= 15 is 0 Å². The van der Waals surface area contributed by atoms with E-state index in [4.69, 9.17) is 0 Å². The van der Waals surface area contributed by atoms with Gasteiger partial charge in [0, 0.05) is 27.8 Å². The number of carbonyl (C=O) groups is 1. The highest BCUT2D eigenvalue weighted by atomic mass is 79.9. The first kappa shape index (κ1) is 18.9. The highest BCUT2D eigenvalue weighted by Crippen LogP contribution is 2.29. The number of pyridine rings is 1. The average Bonchev–Trinajstić information content (AvgIpc) is 3.35. The van der Waals surface area contributed by atoms with Gasteiger partial charge in [-0.25, -0.2) is 13.8 Å². The lowest BCUT2D eigenvalue weighted by Crippen LogP contribution is -2.26. The Kier molecular flexibility index (Phi) is 5.05. The second-order valence-corrected chi connectivity index (χ2v) is 7.87. The van der Waals surface area contributed by atoms with Crippen molar-refractivity contribution in [3.8, 4) is 11.3 Å². The molecule has 2 aromatic heterocycles. The highest BCUT2D eigenvalue weighted by molar-refractivity contribution is 9.10. The van der Waals surface area contributed by atoms with Crippen LogP contribution in [-0.4, -0.2) is 34.3 Å². The average molecular weight is 449 g/mol. The number of hydrogen-bond donors (Lipinski definition) is 2. The van der Waals surface area contributed by atoms with Crippen molar-refractivity contribution in [1.82, 2.24) is 14.7 Å². The lowest BCUT2D eigenvalue weighted by Gasteiger charge is -2.11. The van der Waals surface area contributed by atoms with Crippen LogP contribution in [0.2, 0.25) is 0 Å². The summed E-state index contributed by atoms with van der Waals surface area (Å²) in [6.07, 6.45) is 3.18. The standard InChI is InChI=1S/C20H19BrF2N4O/c1-11-6-12(2-5-15(11)20(28)26-14-3-4-14)17-8-25-19-16(24-9-18(22)23)7-13(21)10-27(17)19/h2,5-8,10,14,18,24H,3-4,9H2,1H3,(H,26,28). The smallest absolute Gasteiger partial charge is 0.255 e. The second-order valence-electron chi connectivity index (χ2n) is 6.96. The zero-order valence-corrected chi connectivity index (χ0v) is 16.8. The van der Waals surface area contributed by atoms with Crippen molar-refractivity contribution in [2.75, 3.05) is 11.9 Å². The molecule has 1 saturated carbocycles. The van der Waals surface area contributed by atoms with Crippen molar-refractivity contribution in [3.05, 3.63) is 52.3 Å². The number of carbonyl (C=O) groups excluding carboxylic acids is 1. The number of aryl methyl sites for hydroxylation is 1. The summed E-state index contributed by atoms with van der Waals surface area (Å²) in [6.45, 7) is 1.46. The first-order chi connectivity index (χ1) is 13.4. The summed E-state index contributed by atoms with van der Waals surface area (Å²) in [7, 11) is 0. The molecule has 1 amide bonds. The Hall–Kier alpha value is -2.48. The van der Waals surface area contributed by atoms with E-state index < -0.39 is 13.0 Å². The van der Waals surface area contributed by atoms with Crippen LogP contribution in [0.4, 0.5) is 14.5 Å². The maximum absolute atomic E-state index is 12.6. The van der Waals surface area contributed by atoms with Gasteiger partial charge in [-0.1, -0.05) is 6.07 Å². The van der Waals surface area contributed by atoms with Gasteiger partial charge in [-0.2, -0.15) is 0 Å². The zero-order valence-electron chi connectivity index (χ0n) is 15.2. The molecule has 8 heteroatoms. The fourth-order valence-electron chi connectivity index (χ4n) is 3.15. The highest BCUT2D eigenvalue weighted by Gasteiger charge is 2.24. The van der Waals surface area contributed by atoms with E-state index in [0.29, 0.717) is 22.9 Å². The van der Waals surface area contributed by atoms with Crippen molar-refractivity contribution in [2.24, 2.45) is 0 Å². The minimum atomic E-state index is -2.45. The molecule has 0 saturated heterocycles. The summed E-state index contributed by atoms with van der Waals surface area (Å²) in [5.74, 6) is -0.0501. The number of amides is 1. The van der Waals surface area contributed by atoms with Gasteiger partial charge >= 0.3 is 0 Å². The van der Waals surface area contributed by atoms with Crippen LogP contribution >= 0.6 is 15.9 Å². The van der Waals surface area contributed by atoms with E-state index in [9.17, 15) is 13.6 Å². The predicted molar refractivity (Wildman–Crippen MR) is 108 cm³/mol. The molecular formula is C20H19BrF2N4O. The number of benzene rings is 1. The summed E-state index contributed by atoms with van der Waals surface area (Å²) < 4.78 is 27.8. The van der Waals surface area contributed by atoms with Gasteiger partial charge in [-0.3, -0.25) is 9.20 Å². The molecule has 1 aliphatic rings. The van der Waals surface area contributed by atoms with Crippen molar-refractivity contribution in [2.45, 2.75) is 32.2 Å². The Balaban J connectivity index is 1.69. The number of alkyl halides is 2. The molecule has 1 aliphatic carbocycles. The molecule has 0 aliphatic heterocycles. The SMILES string of the molecule is Cc1cc(-c2cnc3c(NCC(F)F)cc(Br)cn23)ccc1C(=O)NC1CC1. The molecule has 28 heavy (non-hydrogen) atoms. The first-order valence-corrected chi connectivity index (χ1v) is 9.82. The van der Waals surface area contributed by atoms with Crippen molar-refractivity contribution in [1.29, 1.82) is 0 Å². The van der Waals surface area contributed by atoms with Crippen molar-refractivity contribution >= 4 is 33.2 Å². The molecule has 2 N–H and O–H groups in total. The summed E-state index contributed by atoms with van der Waals surface area (Å²) in [6, 6.07) is 7.67. The molecule has 0 bridgehead atoms. The topological polar surface area (TPSA) is 58.4 Å². The van der Waals surface area contributed by atoms with Crippen LogP contribution in [0.1, 0.15) is 28.8 Å². The number of rotatable bonds is 6. The van der Waals surface area contributed by atoms with Crippen molar-refractivity contribution in [3.63, 3.8) is 0 Å². The monoisotopic (exact) mass is 448 g/mol. The molecule has 146 valence electrons. The van der Waals surface area contributed by atoms with E-state index in [1.807, 2.05) is 35.7 Å². The lowest BCUT2D eigenvalue weighted by molar-refractivity contribution is 0.0950. The Bertz CT molecular complexity index is 1050. The summed E-state index contributed by atoms with van der Waals surface area (Å²) in [4.78, 5) is 16.7. The molecule has 2 heterocycles. The van der Waals surface area contributed by atoms with E-state index in [2.05, 4.69) is 31.5 Å². The quantitative estimate of drug-likeness (QED) is 0.577. The second kappa shape index (κ2) is 7.50. The van der Waals surface area contributed by atoms with Crippen LogP contribution < -0.4 is 10.6 Å². The molecule has 0 spiro atoms. The summed E-state index contributed by atoms with van der Waals surface area (Å²) in [5, 5.41) is 5.74. The van der Waals surface area contributed by atoms with Gasteiger partial charge in [-0.15, -0.1) is 0 Å². The maximum atomic E-state index is 12.6. The molecule has 0 unspecified atom stereocenters. The Morgan fingerprint density at radius 1 is 1.36 bits per heavy atom. The molecule has 3 aromatic rings. The number of aromatic nitrogens is 2. The number of imidazole rings is 1. The van der Waals surface area contributed by atoms with Gasteiger partial charge in [0.05, 0.1) is 24.1 Å². The minimum Gasteiger partial charge on any atom is -0.376 e. The van der Waals surface area contributed by atoms with Crippen LogP contribution in [0.15, 0.2) is 41.1 Å². The third-order valence-corrected chi connectivity index (χ3v) is 5.13. The number of hydrogen-bond acceptors (Lipinski definition) is 3. The van der Waals surface area contributed by atoms with Gasteiger partial charge in [0.15, 0.2) is 5.65 Å². The van der Waals surface area contributed by atoms with E-state index in [1.165, 1.54) is 0 Å². The predicted octanol–water partition coefficient (Wildman–Crippen LogP) is 4.64. The number of nitrogens with zero attached hydrogens (tertiary/aromatic N) is 2. The van der Waals surface area contributed by atoms with Gasteiger partial charge in [0.1, 0.15) is 0 Å². The van der Waals surface area contributed by atoms with E-state index in [1.54, 1.807) is 12.3 Å². The van der Waals surface area contributed by atoms with Gasteiger partial charge in [0.2, 0.25) is 0 Å². The number of nitrogens with one attached hydrogen (secondary N) is 2. The van der Waals surface area contributed by atoms with Gasteiger partial charge in [-0.05, 0) is 59.5 Å². The van der Waals surface area contributed by atoms with Crippen molar-refractivity contribution < 1.29 is 13.6 Å². The fourth-order valence-corrected chi connectivity index (χ4v) is 3.59. The van der Waals surface area contributed by atoms with Crippen LogP contribution in [0.5, 0.6) is 0 Å². The molecule has 5 nitrogen and oxygen atoms in total. The van der Waals surface area contributed by atoms with Gasteiger partial charge < -0.3 is 10.6 Å². The lowest BCUT2D eigenvalue weighted by atomic mass is 10.0. The number of halogens is 3. The van der Waals surface area contributed by atoms with Crippen LogP contribution in [0.3, 0.4) is 0 Å². The third kappa shape index (κ3) is 3.87. The third-order valence-electron chi connectivity index (χ3n) is 4.70. The molecular weight excluding hydrogens is 430 g/mol. The molecule has 1 fully saturated rings. The molecule has 4 rings (SSSR count). The largest absolute Gasteiger partial charge is 0.376 e. The van der Waals surface area contributed by atoms with Crippen LogP contribution in [0, 0.1) is 6.92 Å². The first-order valence-electron chi connectivity index (χ1n) is 9.03. The van der Waals surface area contributed by atoms with Crippen LogP contribution in [-0.2, 0) is 0 Å². The zero-order chi connectivity index (χ0) is 19.8. The number of anilines is 1. The fraction of sp³-hybridized carbons (Fsp3) is 0.300. The summed E-state index contributed by atoms with van der Waals surface area (Å²) >= 11 is 3.43. The molecule has 0 radical (unpaired) electrons.